The van der Waals surface area contributed by atoms with Gasteiger partial charge < -0.3 is 4.74 Å². The van der Waals surface area contributed by atoms with Crippen molar-refractivity contribution in [3.05, 3.63) is 18.5 Å². The quantitative estimate of drug-likeness (QED) is 0.794. The Morgan fingerprint density at radius 1 is 1.30 bits per heavy atom. The van der Waals surface area contributed by atoms with Crippen LogP contribution in [0.25, 0.3) is 0 Å². The first-order chi connectivity index (χ1) is 9.47. The first-order valence-corrected chi connectivity index (χ1v) is 7.61. The molecule has 1 aromatic rings. The molecule has 0 saturated heterocycles. The van der Waals surface area contributed by atoms with Crippen molar-refractivity contribution in [2.24, 2.45) is 17.3 Å². The van der Waals surface area contributed by atoms with Crippen molar-refractivity contribution in [1.29, 1.82) is 0 Å². The number of hydrogen-bond donors (Lipinski definition) is 0. The number of rotatable bonds is 4. The zero-order valence-corrected chi connectivity index (χ0v) is 12.8. The second-order valence-corrected chi connectivity index (χ2v) is 6.85. The van der Waals surface area contributed by atoms with Gasteiger partial charge in [-0.25, -0.2) is 0 Å². The molecule has 4 nitrogen and oxygen atoms in total. The maximum absolute atomic E-state index is 12.0. The van der Waals surface area contributed by atoms with Crippen LogP contribution in [0.4, 0.5) is 0 Å². The Kier molecular flexibility index (Phi) is 4.84. The number of carbonyl (C=O) groups excluding carboxylic acids is 1. The average Bonchev–Trinajstić information content (AvgIpc) is 2.91. The van der Waals surface area contributed by atoms with Crippen molar-refractivity contribution in [2.75, 3.05) is 6.61 Å². The zero-order valence-electron chi connectivity index (χ0n) is 12.8. The molecule has 0 amide bonds. The lowest BCUT2D eigenvalue weighted by molar-refractivity contribution is -0.150. The standard InChI is InChI=1S/C16H26N2O2/c1-16(2,3)14-7-5-13(6-8-14)15(19)20-12-11-18-10-4-9-17-18/h4,9-10,13-14H,5-8,11-12H2,1-3H3. The molecular weight excluding hydrogens is 252 g/mol. The fourth-order valence-corrected chi connectivity index (χ4v) is 2.99. The molecule has 4 heteroatoms. The molecule has 0 bridgehead atoms. The Morgan fingerprint density at radius 3 is 2.55 bits per heavy atom. The van der Waals surface area contributed by atoms with Crippen LogP contribution in [0, 0.1) is 17.3 Å². The van der Waals surface area contributed by atoms with Crippen LogP contribution in [-0.4, -0.2) is 22.4 Å². The van der Waals surface area contributed by atoms with E-state index in [0.29, 0.717) is 18.6 Å². The summed E-state index contributed by atoms with van der Waals surface area (Å²) in [6.07, 6.45) is 7.84. The van der Waals surface area contributed by atoms with E-state index in [1.54, 1.807) is 10.9 Å². The Morgan fingerprint density at radius 2 is 2.00 bits per heavy atom. The van der Waals surface area contributed by atoms with Gasteiger partial charge in [0.05, 0.1) is 12.5 Å². The van der Waals surface area contributed by atoms with E-state index in [9.17, 15) is 4.79 Å². The van der Waals surface area contributed by atoms with Gasteiger partial charge in [-0.3, -0.25) is 9.48 Å². The van der Waals surface area contributed by atoms with Gasteiger partial charge in [0.25, 0.3) is 0 Å². The van der Waals surface area contributed by atoms with Crippen molar-refractivity contribution in [2.45, 2.75) is 53.0 Å². The minimum atomic E-state index is -0.0236. The van der Waals surface area contributed by atoms with Crippen LogP contribution >= 0.6 is 0 Å². The van der Waals surface area contributed by atoms with Crippen molar-refractivity contribution >= 4 is 5.97 Å². The van der Waals surface area contributed by atoms with Crippen LogP contribution < -0.4 is 0 Å². The van der Waals surface area contributed by atoms with E-state index in [1.165, 1.54) is 0 Å². The van der Waals surface area contributed by atoms with Crippen molar-refractivity contribution in [1.82, 2.24) is 9.78 Å². The van der Waals surface area contributed by atoms with Crippen LogP contribution in [0.15, 0.2) is 18.5 Å². The zero-order chi connectivity index (χ0) is 14.6. The predicted octanol–water partition coefficient (Wildman–Crippen LogP) is 3.28. The van der Waals surface area contributed by atoms with Crippen molar-refractivity contribution in [3.8, 4) is 0 Å². The maximum Gasteiger partial charge on any atom is 0.308 e. The Labute approximate surface area is 121 Å². The molecule has 0 N–H and O–H groups in total. The second kappa shape index (κ2) is 6.42. The fraction of sp³-hybridized carbons (Fsp3) is 0.750. The smallest absolute Gasteiger partial charge is 0.308 e. The molecule has 0 atom stereocenters. The molecule has 0 unspecified atom stereocenters. The summed E-state index contributed by atoms with van der Waals surface area (Å²) in [6.45, 7) is 7.93. The number of ether oxygens (including phenoxy) is 1. The van der Waals surface area contributed by atoms with Crippen LogP contribution in [0.5, 0.6) is 0 Å². The summed E-state index contributed by atoms with van der Waals surface area (Å²) in [5.74, 6) is 0.811. The summed E-state index contributed by atoms with van der Waals surface area (Å²) >= 11 is 0. The third-order valence-electron chi connectivity index (χ3n) is 4.41. The molecule has 20 heavy (non-hydrogen) atoms. The SMILES string of the molecule is CC(C)(C)C1CCC(C(=O)OCCn2cccn2)CC1. The van der Waals surface area contributed by atoms with E-state index >= 15 is 0 Å². The van der Waals surface area contributed by atoms with Gasteiger partial charge in [-0.15, -0.1) is 0 Å². The van der Waals surface area contributed by atoms with E-state index < -0.39 is 0 Å². The molecule has 0 spiro atoms. The van der Waals surface area contributed by atoms with E-state index in [-0.39, 0.29) is 11.9 Å². The van der Waals surface area contributed by atoms with Gasteiger partial charge in [0.2, 0.25) is 0 Å². The molecule has 1 fully saturated rings. The van der Waals surface area contributed by atoms with E-state index in [2.05, 4.69) is 25.9 Å². The summed E-state index contributed by atoms with van der Waals surface area (Å²) < 4.78 is 7.16. The van der Waals surface area contributed by atoms with Gasteiger partial charge in [0, 0.05) is 12.4 Å². The predicted molar refractivity (Wildman–Crippen MR) is 78.1 cm³/mol. The molecule has 1 aromatic heterocycles. The summed E-state index contributed by atoms with van der Waals surface area (Å²) in [7, 11) is 0. The van der Waals surface area contributed by atoms with Crippen LogP contribution in [0.3, 0.4) is 0 Å². The minimum Gasteiger partial charge on any atom is -0.463 e. The number of aromatic nitrogens is 2. The van der Waals surface area contributed by atoms with E-state index in [0.717, 1.165) is 31.6 Å². The van der Waals surface area contributed by atoms with Crippen molar-refractivity contribution in [3.63, 3.8) is 0 Å². The topological polar surface area (TPSA) is 44.1 Å². The third-order valence-corrected chi connectivity index (χ3v) is 4.41. The fourth-order valence-electron chi connectivity index (χ4n) is 2.99. The van der Waals surface area contributed by atoms with Gasteiger partial charge in [-0.05, 0) is 43.1 Å². The summed E-state index contributed by atoms with van der Waals surface area (Å²) in [4.78, 5) is 12.0. The summed E-state index contributed by atoms with van der Waals surface area (Å²) in [5.41, 5.74) is 0.356. The van der Waals surface area contributed by atoms with Crippen LogP contribution in [0.2, 0.25) is 0 Å². The average molecular weight is 278 g/mol. The minimum absolute atomic E-state index is 0.0236. The van der Waals surface area contributed by atoms with E-state index in [4.69, 9.17) is 4.74 Å². The lowest BCUT2D eigenvalue weighted by atomic mass is 9.70. The molecular formula is C16H26N2O2. The first-order valence-electron chi connectivity index (χ1n) is 7.61. The van der Waals surface area contributed by atoms with Crippen LogP contribution in [-0.2, 0) is 16.1 Å². The number of hydrogen-bond acceptors (Lipinski definition) is 3. The van der Waals surface area contributed by atoms with Gasteiger partial charge in [0.15, 0.2) is 0 Å². The van der Waals surface area contributed by atoms with Gasteiger partial charge in [-0.2, -0.15) is 5.10 Å². The molecule has 0 aromatic carbocycles. The summed E-state index contributed by atoms with van der Waals surface area (Å²) in [6, 6.07) is 1.87. The third kappa shape index (κ3) is 4.09. The largest absolute Gasteiger partial charge is 0.463 e. The second-order valence-electron chi connectivity index (χ2n) is 6.85. The van der Waals surface area contributed by atoms with Crippen molar-refractivity contribution < 1.29 is 9.53 Å². The lowest BCUT2D eigenvalue weighted by Gasteiger charge is -2.36. The highest BCUT2D eigenvalue weighted by Crippen LogP contribution is 2.40. The van der Waals surface area contributed by atoms with Gasteiger partial charge in [0.1, 0.15) is 6.61 Å². The normalized spacial score (nSPS) is 23.6. The highest BCUT2D eigenvalue weighted by Gasteiger charge is 2.32. The molecule has 1 aliphatic rings. The molecule has 0 aliphatic heterocycles. The summed E-state index contributed by atoms with van der Waals surface area (Å²) in [5, 5.41) is 4.09. The van der Waals surface area contributed by atoms with E-state index in [1.807, 2.05) is 12.3 Å². The highest BCUT2D eigenvalue weighted by atomic mass is 16.5. The monoisotopic (exact) mass is 278 g/mol. The Hall–Kier alpha value is -1.32. The number of nitrogens with zero attached hydrogens (tertiary/aromatic N) is 2. The lowest BCUT2D eigenvalue weighted by Crippen LogP contribution is -2.30. The Balaban J connectivity index is 1.69. The number of carbonyl (C=O) groups is 1. The molecule has 0 radical (unpaired) electrons. The van der Waals surface area contributed by atoms with Crippen LogP contribution in [0.1, 0.15) is 46.5 Å². The van der Waals surface area contributed by atoms with Gasteiger partial charge in [-0.1, -0.05) is 20.8 Å². The molecule has 1 heterocycles. The molecule has 2 rings (SSSR count). The Bertz CT molecular complexity index is 412. The molecule has 1 aliphatic carbocycles. The molecule has 1 saturated carbocycles. The molecule has 112 valence electrons. The van der Waals surface area contributed by atoms with Gasteiger partial charge >= 0.3 is 5.97 Å². The highest BCUT2D eigenvalue weighted by molar-refractivity contribution is 5.72. The maximum atomic E-state index is 12.0. The first kappa shape index (κ1) is 15.1. The number of esters is 1.